The molecule has 0 bridgehead atoms. The molecule has 2 aromatic rings. The number of carbonyl (C=O) groups is 2. The van der Waals surface area contributed by atoms with Crippen molar-refractivity contribution < 1.29 is 19.3 Å². The molecule has 8 heteroatoms. The third-order valence-corrected chi connectivity index (χ3v) is 4.37. The molecule has 27 heavy (non-hydrogen) atoms. The van der Waals surface area contributed by atoms with E-state index in [2.05, 4.69) is 0 Å². The normalized spacial score (nSPS) is 10.4. The number of unbranched alkanes of at least 4 members (excludes halogenated alkanes) is 4. The lowest BCUT2D eigenvalue weighted by molar-refractivity contribution is -0.145. The number of carbonyl (C=O) groups excluding carboxylic acids is 2. The number of hydrogen-bond acceptors (Lipinski definition) is 6. The maximum Gasteiger partial charge on any atom is 0.332 e. The summed E-state index contributed by atoms with van der Waals surface area (Å²) in [7, 11) is 0. The molecule has 0 aromatic carbocycles. The van der Waals surface area contributed by atoms with Crippen LogP contribution < -0.4 is 9.68 Å². The Kier molecular flexibility index (Phi) is 8.86. The highest BCUT2D eigenvalue weighted by molar-refractivity contribution is 7.71. The van der Waals surface area contributed by atoms with Crippen LogP contribution in [0.15, 0.2) is 48.8 Å². The Morgan fingerprint density at radius 3 is 1.52 bits per heavy atom. The van der Waals surface area contributed by atoms with Crippen LogP contribution in [0.5, 0.6) is 0 Å². The van der Waals surface area contributed by atoms with Gasteiger partial charge in [0, 0.05) is 25.2 Å². The number of aromatic nitrogens is 2. The first-order valence-electron chi connectivity index (χ1n) is 8.84. The predicted molar refractivity (Wildman–Crippen MR) is 106 cm³/mol. The van der Waals surface area contributed by atoms with Gasteiger partial charge >= 0.3 is 11.9 Å². The van der Waals surface area contributed by atoms with E-state index < -0.39 is 0 Å². The summed E-state index contributed by atoms with van der Waals surface area (Å²) in [5.41, 5.74) is 0. The summed E-state index contributed by atoms with van der Waals surface area (Å²) in [6.45, 7) is 0. The topological polar surface area (TPSA) is 62.5 Å². The van der Waals surface area contributed by atoms with Crippen molar-refractivity contribution in [1.82, 2.24) is 9.46 Å². The van der Waals surface area contributed by atoms with E-state index in [1.54, 1.807) is 48.8 Å². The van der Waals surface area contributed by atoms with Gasteiger partial charge in [0.15, 0.2) is 0 Å². The highest BCUT2D eigenvalue weighted by Gasteiger charge is 2.06. The molecule has 6 nitrogen and oxygen atoms in total. The van der Waals surface area contributed by atoms with Gasteiger partial charge in [-0.15, -0.1) is 0 Å². The maximum atomic E-state index is 11.8. The molecule has 0 amide bonds. The van der Waals surface area contributed by atoms with Gasteiger partial charge in [-0.25, -0.2) is 9.59 Å². The Hall–Kier alpha value is -2.32. The highest BCUT2D eigenvalue weighted by atomic mass is 32.1. The van der Waals surface area contributed by atoms with E-state index in [1.807, 2.05) is 0 Å². The van der Waals surface area contributed by atoms with Crippen molar-refractivity contribution in [3.8, 4) is 0 Å². The van der Waals surface area contributed by atoms with Gasteiger partial charge in [0.05, 0.1) is 0 Å². The molecule has 0 atom stereocenters. The molecule has 0 saturated carbocycles. The fourth-order valence-corrected chi connectivity index (χ4v) is 2.71. The number of rotatable bonds is 10. The van der Waals surface area contributed by atoms with Gasteiger partial charge in [-0.2, -0.15) is 9.46 Å². The van der Waals surface area contributed by atoms with E-state index in [9.17, 15) is 9.59 Å². The van der Waals surface area contributed by atoms with E-state index in [1.165, 1.54) is 9.46 Å². The molecule has 2 heterocycles. The first kappa shape index (κ1) is 21.0. The first-order valence-corrected chi connectivity index (χ1v) is 9.65. The Bertz CT molecular complexity index is 805. The van der Waals surface area contributed by atoms with Gasteiger partial charge in [-0.05, 0) is 37.1 Å². The smallest absolute Gasteiger partial charge is 0.332 e. The average Bonchev–Trinajstić information content (AvgIpc) is 2.65. The molecule has 0 unspecified atom stereocenters. The Balaban J connectivity index is 1.53. The number of hydrogen-bond donors (Lipinski definition) is 0. The third kappa shape index (κ3) is 7.84. The molecule has 0 saturated heterocycles. The van der Waals surface area contributed by atoms with Crippen LogP contribution in [0.25, 0.3) is 0 Å². The van der Waals surface area contributed by atoms with E-state index in [-0.39, 0.29) is 11.9 Å². The first-order chi connectivity index (χ1) is 13.1. The Labute approximate surface area is 168 Å². The second-order valence-electron chi connectivity index (χ2n) is 5.92. The standard InChI is InChI=1S/C19H22N2O4S2/c22-18(24-20-14-8-6-10-16(20)26)12-4-2-1-3-5-13-19(23)25-21-15-9-7-11-17(21)27/h6-11,14-15H,1-5,12-13H2. The van der Waals surface area contributed by atoms with Crippen molar-refractivity contribution in [1.29, 1.82) is 0 Å². The molecule has 0 aliphatic heterocycles. The largest absolute Gasteiger partial charge is 0.336 e. The fraction of sp³-hybridized carbons (Fsp3) is 0.368. The van der Waals surface area contributed by atoms with Crippen LogP contribution in [0.2, 0.25) is 0 Å². The van der Waals surface area contributed by atoms with Crippen molar-refractivity contribution in [3.63, 3.8) is 0 Å². The molecule has 2 rings (SSSR count). The molecular formula is C19H22N2O4S2. The molecule has 0 spiro atoms. The monoisotopic (exact) mass is 406 g/mol. The van der Waals surface area contributed by atoms with Crippen molar-refractivity contribution in [3.05, 3.63) is 58.1 Å². The van der Waals surface area contributed by atoms with Gasteiger partial charge in [-0.3, -0.25) is 0 Å². The molecule has 0 aliphatic carbocycles. The summed E-state index contributed by atoms with van der Waals surface area (Å²) < 4.78 is 3.49. The minimum Gasteiger partial charge on any atom is -0.336 e. The van der Waals surface area contributed by atoms with Crippen molar-refractivity contribution in [2.24, 2.45) is 0 Å². The SMILES string of the molecule is O=C(CCCCCCCC(=O)On1ccccc1=S)On1ccccc1=S. The molecular weight excluding hydrogens is 384 g/mol. The zero-order valence-electron chi connectivity index (χ0n) is 14.9. The van der Waals surface area contributed by atoms with Crippen LogP contribution >= 0.6 is 24.4 Å². The van der Waals surface area contributed by atoms with Crippen LogP contribution in [-0.4, -0.2) is 21.4 Å². The lowest BCUT2D eigenvalue weighted by Crippen LogP contribution is -2.20. The van der Waals surface area contributed by atoms with Crippen LogP contribution in [-0.2, 0) is 9.59 Å². The summed E-state index contributed by atoms with van der Waals surface area (Å²) in [6, 6.07) is 10.5. The van der Waals surface area contributed by atoms with Gasteiger partial charge < -0.3 is 9.68 Å². The van der Waals surface area contributed by atoms with E-state index in [4.69, 9.17) is 34.1 Å². The van der Waals surface area contributed by atoms with Crippen molar-refractivity contribution >= 4 is 36.4 Å². The summed E-state index contributed by atoms with van der Waals surface area (Å²) in [6.07, 6.45) is 8.11. The van der Waals surface area contributed by atoms with Gasteiger partial charge in [0.25, 0.3) is 0 Å². The number of pyridine rings is 2. The molecule has 0 radical (unpaired) electrons. The molecule has 0 fully saturated rings. The van der Waals surface area contributed by atoms with Gasteiger partial charge in [-0.1, -0.05) is 55.8 Å². The molecule has 144 valence electrons. The zero-order valence-corrected chi connectivity index (χ0v) is 16.5. The predicted octanol–water partition coefficient (Wildman–Crippen LogP) is 4.09. The maximum absolute atomic E-state index is 11.8. The quantitative estimate of drug-likeness (QED) is 0.437. The Morgan fingerprint density at radius 2 is 1.11 bits per heavy atom. The minimum atomic E-state index is -0.305. The summed E-state index contributed by atoms with van der Waals surface area (Å²) in [5, 5.41) is 0. The van der Waals surface area contributed by atoms with E-state index >= 15 is 0 Å². The van der Waals surface area contributed by atoms with Gasteiger partial charge in [0.1, 0.15) is 9.28 Å². The second kappa shape index (κ2) is 11.4. The van der Waals surface area contributed by atoms with Gasteiger partial charge in [0.2, 0.25) is 0 Å². The lowest BCUT2D eigenvalue weighted by atomic mass is 10.1. The average molecular weight is 407 g/mol. The summed E-state index contributed by atoms with van der Waals surface area (Å²) in [4.78, 5) is 33.9. The van der Waals surface area contributed by atoms with Crippen LogP contribution in [0, 0.1) is 9.28 Å². The van der Waals surface area contributed by atoms with E-state index in [0.717, 1.165) is 32.1 Å². The fourth-order valence-electron chi connectivity index (χ4n) is 2.36. The van der Waals surface area contributed by atoms with Crippen LogP contribution in [0.4, 0.5) is 0 Å². The zero-order chi connectivity index (χ0) is 19.5. The van der Waals surface area contributed by atoms with Crippen molar-refractivity contribution in [2.75, 3.05) is 0 Å². The van der Waals surface area contributed by atoms with E-state index in [0.29, 0.717) is 22.1 Å². The van der Waals surface area contributed by atoms with Crippen LogP contribution in [0.3, 0.4) is 0 Å². The summed E-state index contributed by atoms with van der Waals surface area (Å²) in [5.74, 6) is -0.610. The molecule has 0 aliphatic rings. The molecule has 0 N–H and O–H groups in total. The number of nitrogens with zero attached hydrogens (tertiary/aromatic N) is 2. The Morgan fingerprint density at radius 1 is 0.704 bits per heavy atom. The summed E-state index contributed by atoms with van der Waals surface area (Å²) >= 11 is 10.1. The van der Waals surface area contributed by atoms with Crippen LogP contribution in [0.1, 0.15) is 44.9 Å². The second-order valence-corrected chi connectivity index (χ2v) is 6.76. The van der Waals surface area contributed by atoms with Crippen molar-refractivity contribution in [2.45, 2.75) is 44.9 Å². The lowest BCUT2D eigenvalue weighted by Gasteiger charge is -2.07. The minimum absolute atomic E-state index is 0.305. The highest BCUT2D eigenvalue weighted by Crippen LogP contribution is 2.08. The molecule has 2 aromatic heterocycles. The third-order valence-electron chi connectivity index (χ3n) is 3.74.